The molecule has 3 heteroatoms. The molecule has 1 rings (SSSR count). The molecule has 0 aliphatic carbocycles. The Bertz CT molecular complexity index is 388. The van der Waals surface area contributed by atoms with Gasteiger partial charge in [-0.05, 0) is 37.6 Å². The van der Waals surface area contributed by atoms with E-state index in [-0.39, 0.29) is 5.41 Å². The Kier molecular flexibility index (Phi) is 6.32. The first-order valence-corrected chi connectivity index (χ1v) is 7.13. The first-order chi connectivity index (χ1) is 9.05. The van der Waals surface area contributed by atoms with Crippen LogP contribution in [0.25, 0.3) is 0 Å². The molecule has 0 bridgehead atoms. The van der Waals surface area contributed by atoms with E-state index in [1.807, 2.05) is 0 Å². The van der Waals surface area contributed by atoms with Crippen molar-refractivity contribution in [1.82, 2.24) is 5.32 Å². The number of aryl methyl sites for hydroxylation is 1. The lowest BCUT2D eigenvalue weighted by molar-refractivity contribution is 0.385. The molecular formula is C16H28N2O. The highest BCUT2D eigenvalue weighted by atomic mass is 16.5. The number of nitrogens with two attached hydrogens (primary N) is 1. The molecular weight excluding hydrogens is 236 g/mol. The van der Waals surface area contributed by atoms with E-state index in [1.165, 1.54) is 11.1 Å². The normalized spacial score (nSPS) is 11.6. The van der Waals surface area contributed by atoms with Crippen LogP contribution in [0.3, 0.4) is 0 Å². The standard InChI is InChI=1S/C16H28N2O/c1-5-13-7-8-15(19-4)14(11-13)16(2,3)12-18-10-6-9-17/h7-8,11,18H,5-6,9-10,12,17H2,1-4H3. The number of nitrogens with one attached hydrogen (secondary N) is 1. The Morgan fingerprint density at radius 2 is 2.05 bits per heavy atom. The van der Waals surface area contributed by atoms with Gasteiger partial charge in [-0.3, -0.25) is 0 Å². The van der Waals surface area contributed by atoms with Crippen LogP contribution in [0.15, 0.2) is 18.2 Å². The Hall–Kier alpha value is -1.06. The summed E-state index contributed by atoms with van der Waals surface area (Å²) in [6, 6.07) is 6.49. The van der Waals surface area contributed by atoms with Gasteiger partial charge in [0.15, 0.2) is 0 Å². The van der Waals surface area contributed by atoms with Crippen molar-refractivity contribution in [1.29, 1.82) is 0 Å². The molecule has 1 aromatic rings. The summed E-state index contributed by atoms with van der Waals surface area (Å²) < 4.78 is 5.51. The summed E-state index contributed by atoms with van der Waals surface area (Å²) in [5, 5.41) is 3.48. The molecule has 1 aromatic carbocycles. The van der Waals surface area contributed by atoms with Crippen molar-refractivity contribution >= 4 is 0 Å². The third-order valence-electron chi connectivity index (χ3n) is 3.53. The predicted octanol–water partition coefficient (Wildman–Crippen LogP) is 2.47. The first kappa shape index (κ1) is 16.0. The van der Waals surface area contributed by atoms with Crippen LogP contribution in [0.5, 0.6) is 5.75 Å². The summed E-state index contributed by atoms with van der Waals surface area (Å²) in [6.07, 6.45) is 2.07. The number of methoxy groups -OCH3 is 1. The summed E-state index contributed by atoms with van der Waals surface area (Å²) >= 11 is 0. The average molecular weight is 264 g/mol. The summed E-state index contributed by atoms with van der Waals surface area (Å²) in [5.74, 6) is 0.975. The van der Waals surface area contributed by atoms with Gasteiger partial charge in [-0.2, -0.15) is 0 Å². The number of benzene rings is 1. The van der Waals surface area contributed by atoms with E-state index in [9.17, 15) is 0 Å². The van der Waals surface area contributed by atoms with Gasteiger partial charge in [0.25, 0.3) is 0 Å². The molecule has 108 valence electrons. The second kappa shape index (κ2) is 7.51. The lowest BCUT2D eigenvalue weighted by Gasteiger charge is -2.28. The molecule has 0 atom stereocenters. The third-order valence-corrected chi connectivity index (χ3v) is 3.53. The van der Waals surface area contributed by atoms with Gasteiger partial charge in [-0.25, -0.2) is 0 Å². The van der Waals surface area contributed by atoms with E-state index in [0.29, 0.717) is 0 Å². The van der Waals surface area contributed by atoms with Gasteiger partial charge in [-0.1, -0.05) is 32.9 Å². The summed E-state index contributed by atoms with van der Waals surface area (Å²) in [5.41, 5.74) is 8.19. The zero-order valence-corrected chi connectivity index (χ0v) is 12.8. The van der Waals surface area contributed by atoms with Crippen LogP contribution in [0.4, 0.5) is 0 Å². The zero-order chi connectivity index (χ0) is 14.3. The molecule has 0 saturated heterocycles. The highest BCUT2D eigenvalue weighted by molar-refractivity contribution is 5.42. The number of hydrogen-bond acceptors (Lipinski definition) is 3. The smallest absolute Gasteiger partial charge is 0.122 e. The minimum Gasteiger partial charge on any atom is -0.496 e. The van der Waals surface area contributed by atoms with Crippen molar-refractivity contribution in [3.8, 4) is 5.75 Å². The molecule has 0 aromatic heterocycles. The van der Waals surface area contributed by atoms with E-state index < -0.39 is 0 Å². The average Bonchev–Trinajstić information content (AvgIpc) is 2.43. The van der Waals surface area contributed by atoms with E-state index >= 15 is 0 Å². The fourth-order valence-electron chi connectivity index (χ4n) is 2.23. The van der Waals surface area contributed by atoms with Crippen LogP contribution < -0.4 is 15.8 Å². The van der Waals surface area contributed by atoms with Gasteiger partial charge in [0.05, 0.1) is 7.11 Å². The minimum atomic E-state index is 0.0467. The van der Waals surface area contributed by atoms with Crippen molar-refractivity contribution in [2.24, 2.45) is 5.73 Å². The second-order valence-corrected chi connectivity index (χ2v) is 5.59. The molecule has 0 radical (unpaired) electrons. The maximum atomic E-state index is 5.51. The topological polar surface area (TPSA) is 47.3 Å². The molecule has 3 nitrogen and oxygen atoms in total. The molecule has 19 heavy (non-hydrogen) atoms. The summed E-state index contributed by atoms with van der Waals surface area (Å²) in [4.78, 5) is 0. The lowest BCUT2D eigenvalue weighted by atomic mass is 9.82. The molecule has 0 fully saturated rings. The SMILES string of the molecule is CCc1ccc(OC)c(C(C)(C)CNCCCN)c1. The molecule has 0 heterocycles. The largest absolute Gasteiger partial charge is 0.496 e. The molecule has 0 aliphatic heterocycles. The molecule has 3 N–H and O–H groups in total. The Morgan fingerprint density at radius 1 is 1.32 bits per heavy atom. The Labute approximate surface area is 117 Å². The van der Waals surface area contributed by atoms with Crippen molar-refractivity contribution in [3.05, 3.63) is 29.3 Å². The van der Waals surface area contributed by atoms with Gasteiger partial charge < -0.3 is 15.8 Å². The van der Waals surface area contributed by atoms with Crippen molar-refractivity contribution < 1.29 is 4.74 Å². The van der Waals surface area contributed by atoms with Gasteiger partial charge in [-0.15, -0.1) is 0 Å². The lowest BCUT2D eigenvalue weighted by Crippen LogP contribution is -2.34. The van der Waals surface area contributed by atoms with E-state index in [0.717, 1.165) is 38.2 Å². The summed E-state index contributed by atoms with van der Waals surface area (Å²) in [6.45, 7) is 9.31. The summed E-state index contributed by atoms with van der Waals surface area (Å²) in [7, 11) is 1.74. The van der Waals surface area contributed by atoms with Crippen LogP contribution in [0, 0.1) is 0 Å². The molecule has 0 spiro atoms. The Morgan fingerprint density at radius 3 is 2.63 bits per heavy atom. The monoisotopic (exact) mass is 264 g/mol. The van der Waals surface area contributed by atoms with Crippen LogP contribution in [-0.4, -0.2) is 26.7 Å². The van der Waals surface area contributed by atoms with Crippen molar-refractivity contribution in [3.63, 3.8) is 0 Å². The zero-order valence-electron chi connectivity index (χ0n) is 12.8. The predicted molar refractivity (Wildman–Crippen MR) is 81.9 cm³/mol. The van der Waals surface area contributed by atoms with E-state index in [1.54, 1.807) is 7.11 Å². The van der Waals surface area contributed by atoms with E-state index in [2.05, 4.69) is 44.3 Å². The van der Waals surface area contributed by atoms with Crippen LogP contribution in [-0.2, 0) is 11.8 Å². The molecule has 0 amide bonds. The number of hydrogen-bond donors (Lipinski definition) is 2. The number of rotatable bonds is 8. The van der Waals surface area contributed by atoms with Gasteiger partial charge in [0.1, 0.15) is 5.75 Å². The quantitative estimate of drug-likeness (QED) is 0.709. The van der Waals surface area contributed by atoms with Crippen molar-refractivity contribution in [2.45, 2.75) is 39.0 Å². The fraction of sp³-hybridized carbons (Fsp3) is 0.625. The van der Waals surface area contributed by atoms with Crippen LogP contribution in [0.1, 0.15) is 38.3 Å². The third kappa shape index (κ3) is 4.51. The minimum absolute atomic E-state index is 0.0467. The van der Waals surface area contributed by atoms with Crippen molar-refractivity contribution in [2.75, 3.05) is 26.7 Å². The second-order valence-electron chi connectivity index (χ2n) is 5.59. The van der Waals surface area contributed by atoms with E-state index in [4.69, 9.17) is 10.5 Å². The van der Waals surface area contributed by atoms with Gasteiger partial charge >= 0.3 is 0 Å². The Balaban J connectivity index is 2.85. The maximum absolute atomic E-state index is 5.51. The van der Waals surface area contributed by atoms with Crippen LogP contribution in [0.2, 0.25) is 0 Å². The highest BCUT2D eigenvalue weighted by Gasteiger charge is 2.24. The van der Waals surface area contributed by atoms with Crippen LogP contribution >= 0.6 is 0 Å². The molecule has 0 saturated carbocycles. The number of ether oxygens (including phenoxy) is 1. The van der Waals surface area contributed by atoms with Gasteiger partial charge in [0.2, 0.25) is 0 Å². The van der Waals surface area contributed by atoms with Gasteiger partial charge in [0, 0.05) is 17.5 Å². The first-order valence-electron chi connectivity index (χ1n) is 7.13. The highest BCUT2D eigenvalue weighted by Crippen LogP contribution is 2.32. The molecule has 0 aliphatic rings. The molecule has 0 unspecified atom stereocenters. The fourth-order valence-corrected chi connectivity index (χ4v) is 2.23. The maximum Gasteiger partial charge on any atom is 0.122 e.